The number of carbonyl (C=O) groups excluding carboxylic acids is 1. The Kier molecular flexibility index (Phi) is 5.17. The van der Waals surface area contributed by atoms with Crippen LogP contribution in [0.5, 0.6) is 0 Å². The van der Waals surface area contributed by atoms with Gasteiger partial charge in [-0.2, -0.15) is 0 Å². The molecule has 2 aromatic carbocycles. The molecule has 0 saturated carbocycles. The maximum Gasteiger partial charge on any atom is 0.244 e. The summed E-state index contributed by atoms with van der Waals surface area (Å²) < 4.78 is 0.986. The van der Waals surface area contributed by atoms with Crippen LogP contribution in [0.4, 0.5) is 5.69 Å². The number of hydrogen-bond donors (Lipinski definition) is 2. The molecule has 3 N–H and O–H groups in total. The first-order chi connectivity index (χ1) is 10.1. The summed E-state index contributed by atoms with van der Waals surface area (Å²) in [5.74, 6) is -0.130. The first-order valence-corrected chi connectivity index (χ1v) is 7.44. The fourth-order valence-corrected chi connectivity index (χ4v) is 2.57. The van der Waals surface area contributed by atoms with Gasteiger partial charge in [0, 0.05) is 16.2 Å². The maximum atomic E-state index is 11.9. The van der Waals surface area contributed by atoms with Gasteiger partial charge in [0.05, 0.1) is 6.04 Å². The van der Waals surface area contributed by atoms with Gasteiger partial charge in [-0.3, -0.25) is 4.79 Å². The van der Waals surface area contributed by atoms with Gasteiger partial charge in [-0.15, -0.1) is 0 Å². The summed E-state index contributed by atoms with van der Waals surface area (Å²) >= 11 is 3.49. The summed E-state index contributed by atoms with van der Waals surface area (Å²) in [5.41, 5.74) is 8.31. The number of benzene rings is 2. The summed E-state index contributed by atoms with van der Waals surface area (Å²) in [7, 11) is 0. The summed E-state index contributed by atoms with van der Waals surface area (Å²) in [6.07, 6.45) is 3.29. The van der Waals surface area contributed by atoms with Crippen molar-refractivity contribution in [3.8, 4) is 0 Å². The first kappa shape index (κ1) is 15.3. The molecule has 2 aromatic rings. The van der Waals surface area contributed by atoms with E-state index in [1.807, 2.05) is 43.3 Å². The molecule has 0 unspecified atom stereocenters. The van der Waals surface area contributed by atoms with Crippen LogP contribution in [0.2, 0.25) is 0 Å². The quantitative estimate of drug-likeness (QED) is 0.652. The third-order valence-corrected chi connectivity index (χ3v) is 3.82. The van der Waals surface area contributed by atoms with Gasteiger partial charge >= 0.3 is 0 Å². The Hall–Kier alpha value is -2.07. The van der Waals surface area contributed by atoms with Gasteiger partial charge in [-0.05, 0) is 42.3 Å². The van der Waals surface area contributed by atoms with Crippen molar-refractivity contribution in [2.45, 2.75) is 13.0 Å². The highest BCUT2D eigenvalue weighted by molar-refractivity contribution is 9.10. The van der Waals surface area contributed by atoms with E-state index in [2.05, 4.69) is 21.2 Å². The summed E-state index contributed by atoms with van der Waals surface area (Å²) in [5, 5.41) is 2.94. The second-order valence-electron chi connectivity index (χ2n) is 4.75. The largest absolute Gasteiger partial charge is 0.399 e. The predicted molar refractivity (Wildman–Crippen MR) is 90.6 cm³/mol. The lowest BCUT2D eigenvalue weighted by atomic mass is 10.1. The van der Waals surface area contributed by atoms with Crippen LogP contribution in [0.3, 0.4) is 0 Å². The topological polar surface area (TPSA) is 55.1 Å². The monoisotopic (exact) mass is 344 g/mol. The lowest BCUT2D eigenvalue weighted by molar-refractivity contribution is -0.117. The van der Waals surface area contributed by atoms with E-state index in [9.17, 15) is 4.79 Å². The third kappa shape index (κ3) is 4.46. The second-order valence-corrected chi connectivity index (χ2v) is 5.61. The van der Waals surface area contributed by atoms with Gasteiger partial charge in [0.15, 0.2) is 0 Å². The average molecular weight is 345 g/mol. The third-order valence-electron chi connectivity index (χ3n) is 3.09. The Morgan fingerprint density at radius 2 is 1.86 bits per heavy atom. The number of nitrogens with one attached hydrogen (secondary N) is 1. The van der Waals surface area contributed by atoms with Crippen LogP contribution in [0.15, 0.2) is 59.1 Å². The molecule has 1 atom stereocenters. The van der Waals surface area contributed by atoms with Crippen LogP contribution in [-0.2, 0) is 4.79 Å². The van der Waals surface area contributed by atoms with Gasteiger partial charge in [0.2, 0.25) is 5.91 Å². The van der Waals surface area contributed by atoms with Gasteiger partial charge in [-0.25, -0.2) is 0 Å². The first-order valence-electron chi connectivity index (χ1n) is 6.65. The molecule has 108 valence electrons. The number of nitrogens with two attached hydrogens (primary N) is 1. The lowest BCUT2D eigenvalue weighted by Crippen LogP contribution is -2.24. The van der Waals surface area contributed by atoms with Gasteiger partial charge in [0.1, 0.15) is 0 Å². The molecule has 0 spiro atoms. The van der Waals surface area contributed by atoms with Crippen molar-refractivity contribution >= 4 is 33.6 Å². The molecule has 0 aliphatic carbocycles. The zero-order chi connectivity index (χ0) is 15.2. The van der Waals surface area contributed by atoms with E-state index >= 15 is 0 Å². The highest BCUT2D eigenvalue weighted by Crippen LogP contribution is 2.22. The van der Waals surface area contributed by atoms with Crippen LogP contribution in [-0.4, -0.2) is 5.91 Å². The summed E-state index contributed by atoms with van der Waals surface area (Å²) in [6, 6.07) is 15.1. The number of hydrogen-bond acceptors (Lipinski definition) is 2. The van der Waals surface area contributed by atoms with E-state index < -0.39 is 0 Å². The van der Waals surface area contributed by atoms with Crippen LogP contribution in [0.25, 0.3) is 6.08 Å². The maximum absolute atomic E-state index is 11.9. The van der Waals surface area contributed by atoms with E-state index in [1.54, 1.807) is 18.2 Å². The lowest BCUT2D eigenvalue weighted by Gasteiger charge is -2.14. The molecule has 0 bridgehead atoms. The molecule has 0 aliphatic heterocycles. The van der Waals surface area contributed by atoms with Crippen LogP contribution < -0.4 is 11.1 Å². The minimum atomic E-state index is -0.130. The van der Waals surface area contributed by atoms with Crippen LogP contribution in [0, 0.1) is 0 Å². The fraction of sp³-hybridized carbons (Fsp3) is 0.118. The Labute approximate surface area is 133 Å². The van der Waals surface area contributed by atoms with Crippen LogP contribution >= 0.6 is 15.9 Å². The molecule has 0 heterocycles. The Morgan fingerprint density at radius 1 is 1.19 bits per heavy atom. The Morgan fingerprint density at radius 3 is 2.52 bits per heavy atom. The number of amides is 1. The minimum absolute atomic E-state index is 0.0656. The molecule has 0 aliphatic rings. The Bertz CT molecular complexity index is 650. The molecule has 2 rings (SSSR count). The van der Waals surface area contributed by atoms with E-state index in [0.29, 0.717) is 5.69 Å². The van der Waals surface area contributed by atoms with Crippen molar-refractivity contribution in [3.05, 3.63) is 70.2 Å². The standard InChI is InChI=1S/C17H17BrN2O/c1-12(15-4-2-3-5-16(15)18)20-17(21)11-8-13-6-9-14(19)10-7-13/h2-12H,19H2,1H3,(H,20,21)/b11-8+/t12-/m1/s1. The van der Waals surface area contributed by atoms with E-state index in [1.165, 1.54) is 6.08 Å². The summed E-state index contributed by atoms with van der Waals surface area (Å²) in [4.78, 5) is 11.9. The number of carbonyl (C=O) groups is 1. The average Bonchev–Trinajstić information content (AvgIpc) is 2.47. The van der Waals surface area contributed by atoms with E-state index in [0.717, 1.165) is 15.6 Å². The van der Waals surface area contributed by atoms with E-state index in [4.69, 9.17) is 5.73 Å². The fourth-order valence-electron chi connectivity index (χ4n) is 1.94. The minimum Gasteiger partial charge on any atom is -0.399 e. The molecule has 0 saturated heterocycles. The number of rotatable bonds is 4. The van der Waals surface area contributed by atoms with Crippen LogP contribution in [0.1, 0.15) is 24.1 Å². The van der Waals surface area contributed by atoms with Crippen molar-refractivity contribution in [2.75, 3.05) is 5.73 Å². The highest BCUT2D eigenvalue weighted by Gasteiger charge is 2.09. The van der Waals surface area contributed by atoms with Gasteiger partial charge < -0.3 is 11.1 Å². The second kappa shape index (κ2) is 7.09. The van der Waals surface area contributed by atoms with Crippen molar-refractivity contribution in [1.29, 1.82) is 0 Å². The molecule has 0 fully saturated rings. The van der Waals surface area contributed by atoms with Gasteiger partial charge in [0.25, 0.3) is 0 Å². The molecule has 21 heavy (non-hydrogen) atoms. The number of nitrogen functional groups attached to an aromatic ring is 1. The molecular formula is C17H17BrN2O. The molecule has 3 nitrogen and oxygen atoms in total. The smallest absolute Gasteiger partial charge is 0.244 e. The van der Waals surface area contributed by atoms with Crippen molar-refractivity contribution in [3.63, 3.8) is 0 Å². The normalized spacial score (nSPS) is 12.3. The number of halogens is 1. The SMILES string of the molecule is C[C@@H](NC(=O)/C=C/c1ccc(N)cc1)c1ccccc1Br. The van der Waals surface area contributed by atoms with E-state index in [-0.39, 0.29) is 11.9 Å². The Balaban J connectivity index is 1.98. The molecule has 0 aromatic heterocycles. The van der Waals surface area contributed by atoms with Crippen molar-refractivity contribution in [1.82, 2.24) is 5.32 Å². The number of anilines is 1. The molecule has 0 radical (unpaired) electrons. The van der Waals surface area contributed by atoms with Crippen molar-refractivity contribution in [2.24, 2.45) is 0 Å². The molecule has 4 heteroatoms. The highest BCUT2D eigenvalue weighted by atomic mass is 79.9. The van der Waals surface area contributed by atoms with Gasteiger partial charge in [-0.1, -0.05) is 46.3 Å². The zero-order valence-electron chi connectivity index (χ0n) is 11.7. The molecule has 1 amide bonds. The summed E-state index contributed by atoms with van der Waals surface area (Å²) in [6.45, 7) is 1.95. The zero-order valence-corrected chi connectivity index (χ0v) is 13.3. The predicted octanol–water partition coefficient (Wildman–Crippen LogP) is 3.92. The molecular weight excluding hydrogens is 328 g/mol. The van der Waals surface area contributed by atoms with Crippen molar-refractivity contribution < 1.29 is 4.79 Å².